The molecule has 6 nitrogen and oxygen atoms in total. The highest BCUT2D eigenvalue weighted by Crippen LogP contribution is 2.17. The molecule has 0 spiro atoms. The summed E-state index contributed by atoms with van der Waals surface area (Å²) in [7, 11) is 0. The fourth-order valence-corrected chi connectivity index (χ4v) is 3.36. The van der Waals surface area contributed by atoms with E-state index >= 15 is 0 Å². The summed E-state index contributed by atoms with van der Waals surface area (Å²) in [5.41, 5.74) is 0.453. The first-order valence-corrected chi connectivity index (χ1v) is 8.16. The molecule has 0 radical (unpaired) electrons. The minimum Gasteiger partial charge on any atom is -0.466 e. The van der Waals surface area contributed by atoms with E-state index in [0.717, 1.165) is 0 Å². The second kappa shape index (κ2) is 7.46. The van der Waals surface area contributed by atoms with Gasteiger partial charge in [0.05, 0.1) is 12.9 Å². The van der Waals surface area contributed by atoms with Crippen molar-refractivity contribution in [2.24, 2.45) is 0 Å². The Bertz CT molecular complexity index is 804. The summed E-state index contributed by atoms with van der Waals surface area (Å²) in [5, 5.41) is 0. The summed E-state index contributed by atoms with van der Waals surface area (Å²) in [6, 6.07) is 0. The van der Waals surface area contributed by atoms with Gasteiger partial charge in [0.1, 0.15) is 4.70 Å². The summed E-state index contributed by atoms with van der Waals surface area (Å²) in [5.74, 6) is -0.252. The highest BCUT2D eigenvalue weighted by molar-refractivity contribution is 7.73. The smallest absolute Gasteiger partial charge is 0.305 e. The third kappa shape index (κ3) is 3.50. The first-order valence-electron chi connectivity index (χ1n) is 6.93. The lowest BCUT2D eigenvalue weighted by atomic mass is 10.3. The molecule has 2 aromatic heterocycles. The molecule has 2 heterocycles. The number of hydrogen-bond donors (Lipinski definition) is 0. The summed E-state index contributed by atoms with van der Waals surface area (Å²) in [6.45, 7) is 6.76. The number of carbonyl (C=O) groups excluding carboxylic acids is 1. The van der Waals surface area contributed by atoms with E-state index in [1.165, 1.54) is 22.2 Å². The molecule has 0 amide bonds. The predicted molar refractivity (Wildman–Crippen MR) is 88.8 cm³/mol. The number of nitrogens with zero attached hydrogens (tertiary/aromatic N) is 3. The molecule has 2 rings (SSSR count). The van der Waals surface area contributed by atoms with E-state index < -0.39 is 0 Å². The van der Waals surface area contributed by atoms with Crippen molar-refractivity contribution in [2.45, 2.75) is 32.9 Å². The number of thiazole rings is 1. The van der Waals surface area contributed by atoms with Crippen LogP contribution in [-0.4, -0.2) is 26.7 Å². The van der Waals surface area contributed by atoms with Crippen LogP contribution in [-0.2, 0) is 22.6 Å². The van der Waals surface area contributed by atoms with E-state index in [4.69, 9.17) is 17.0 Å². The number of carbonyl (C=O) groups is 1. The van der Waals surface area contributed by atoms with Crippen LogP contribution in [0, 0.1) is 3.95 Å². The van der Waals surface area contributed by atoms with Crippen molar-refractivity contribution in [3.8, 4) is 0 Å². The zero-order valence-corrected chi connectivity index (χ0v) is 13.9. The van der Waals surface area contributed by atoms with Gasteiger partial charge in [-0.1, -0.05) is 17.4 Å². The molecule has 0 unspecified atom stereocenters. The maximum Gasteiger partial charge on any atom is 0.305 e. The maximum atomic E-state index is 12.4. The molecule has 0 aromatic carbocycles. The van der Waals surface area contributed by atoms with Gasteiger partial charge < -0.3 is 9.30 Å². The van der Waals surface area contributed by atoms with Gasteiger partial charge in [0.15, 0.2) is 9.60 Å². The minimum absolute atomic E-state index is 0.132. The van der Waals surface area contributed by atoms with Crippen LogP contribution in [0.2, 0.25) is 0 Å². The van der Waals surface area contributed by atoms with Crippen molar-refractivity contribution >= 4 is 39.9 Å². The van der Waals surface area contributed by atoms with Crippen LogP contribution in [0.1, 0.15) is 19.8 Å². The van der Waals surface area contributed by atoms with Gasteiger partial charge in [0.25, 0.3) is 5.56 Å². The van der Waals surface area contributed by atoms with Gasteiger partial charge in [-0.2, -0.15) is 0 Å². The number of fused-ring (bicyclic) bond motifs is 1. The monoisotopic (exact) mass is 339 g/mol. The second-order valence-electron chi connectivity index (χ2n) is 4.57. The Morgan fingerprint density at radius 3 is 3.05 bits per heavy atom. The Labute approximate surface area is 136 Å². The molecule has 0 saturated carbocycles. The number of ether oxygens (including phenoxy) is 1. The number of esters is 1. The predicted octanol–water partition coefficient (Wildman–Crippen LogP) is 2.52. The molecule has 0 aliphatic carbocycles. The van der Waals surface area contributed by atoms with E-state index in [1.807, 2.05) is 0 Å². The third-order valence-electron chi connectivity index (χ3n) is 3.04. The minimum atomic E-state index is -0.252. The summed E-state index contributed by atoms with van der Waals surface area (Å²) in [4.78, 5) is 28.1. The summed E-state index contributed by atoms with van der Waals surface area (Å²) >= 11 is 6.51. The normalized spacial score (nSPS) is 10.8. The number of rotatable bonds is 7. The number of allylic oxidation sites excluding steroid dienone is 1. The SMILES string of the molecule is C=CCn1c(=S)sc2c(=O)n(CCCC(=O)OCC)cnc21. The van der Waals surface area contributed by atoms with Gasteiger partial charge in [0.2, 0.25) is 0 Å². The first kappa shape index (κ1) is 16.6. The molecule has 0 aliphatic rings. The van der Waals surface area contributed by atoms with Gasteiger partial charge in [-0.3, -0.25) is 14.2 Å². The standard InChI is InChI=1S/C14H17N3O3S2/c1-3-7-17-12-11(22-14(17)21)13(19)16(9-15-12)8-5-6-10(18)20-4-2/h3,9H,1,4-8H2,2H3. The highest BCUT2D eigenvalue weighted by Gasteiger charge is 2.11. The molecule has 0 aliphatic heterocycles. The van der Waals surface area contributed by atoms with Crippen molar-refractivity contribution in [2.75, 3.05) is 6.61 Å². The second-order valence-corrected chi connectivity index (χ2v) is 6.22. The van der Waals surface area contributed by atoms with Gasteiger partial charge in [-0.05, 0) is 25.6 Å². The fraction of sp³-hybridized carbons (Fsp3) is 0.429. The molecule has 0 fully saturated rings. The lowest BCUT2D eigenvalue weighted by Crippen LogP contribution is -2.21. The van der Waals surface area contributed by atoms with Gasteiger partial charge in [-0.15, -0.1) is 6.58 Å². The lowest BCUT2D eigenvalue weighted by molar-refractivity contribution is -0.143. The van der Waals surface area contributed by atoms with Crippen LogP contribution in [0.3, 0.4) is 0 Å². The first-order chi connectivity index (χ1) is 10.6. The highest BCUT2D eigenvalue weighted by atomic mass is 32.1. The molecule has 2 aromatic rings. The van der Waals surface area contributed by atoms with Crippen molar-refractivity contribution < 1.29 is 9.53 Å². The molecule has 118 valence electrons. The van der Waals surface area contributed by atoms with Crippen molar-refractivity contribution in [3.63, 3.8) is 0 Å². The fourth-order valence-electron chi connectivity index (χ4n) is 2.05. The van der Waals surface area contributed by atoms with Crippen molar-refractivity contribution in [1.29, 1.82) is 0 Å². The molecule has 0 saturated heterocycles. The number of hydrogen-bond acceptors (Lipinski definition) is 6. The average Bonchev–Trinajstić information content (AvgIpc) is 2.80. The summed E-state index contributed by atoms with van der Waals surface area (Å²) < 4.78 is 9.28. The van der Waals surface area contributed by atoms with Crippen LogP contribution in [0.15, 0.2) is 23.8 Å². The Balaban J connectivity index is 2.21. The largest absolute Gasteiger partial charge is 0.466 e. The van der Waals surface area contributed by atoms with E-state index in [2.05, 4.69) is 11.6 Å². The third-order valence-corrected chi connectivity index (χ3v) is 4.47. The zero-order valence-electron chi connectivity index (χ0n) is 12.3. The lowest BCUT2D eigenvalue weighted by Gasteiger charge is -2.05. The zero-order chi connectivity index (χ0) is 16.1. The Kier molecular flexibility index (Phi) is 5.62. The van der Waals surface area contributed by atoms with Crippen molar-refractivity contribution in [1.82, 2.24) is 14.1 Å². The van der Waals surface area contributed by atoms with Crippen LogP contribution < -0.4 is 5.56 Å². The molecule has 8 heteroatoms. The quantitative estimate of drug-likeness (QED) is 0.440. The van der Waals surface area contributed by atoms with E-state index in [-0.39, 0.29) is 17.9 Å². The average molecular weight is 339 g/mol. The summed E-state index contributed by atoms with van der Waals surface area (Å²) in [6.07, 6.45) is 4.03. The van der Waals surface area contributed by atoms with Gasteiger partial charge >= 0.3 is 5.97 Å². The van der Waals surface area contributed by atoms with Gasteiger partial charge in [0, 0.05) is 19.5 Å². The van der Waals surface area contributed by atoms with E-state index in [9.17, 15) is 9.59 Å². The number of aromatic nitrogens is 3. The molecule has 0 atom stereocenters. The van der Waals surface area contributed by atoms with E-state index in [0.29, 0.717) is 40.4 Å². The van der Waals surface area contributed by atoms with Crippen LogP contribution >= 0.6 is 23.6 Å². The topological polar surface area (TPSA) is 66.1 Å². The molecular formula is C14H17N3O3S2. The van der Waals surface area contributed by atoms with Crippen LogP contribution in [0.25, 0.3) is 10.3 Å². The Hall–Kier alpha value is -1.80. The molecule has 0 bridgehead atoms. The van der Waals surface area contributed by atoms with Crippen LogP contribution in [0.5, 0.6) is 0 Å². The van der Waals surface area contributed by atoms with Crippen LogP contribution in [0.4, 0.5) is 0 Å². The molecular weight excluding hydrogens is 322 g/mol. The van der Waals surface area contributed by atoms with E-state index in [1.54, 1.807) is 17.6 Å². The number of aryl methyl sites for hydroxylation is 1. The Morgan fingerprint density at radius 2 is 2.36 bits per heavy atom. The molecule has 22 heavy (non-hydrogen) atoms. The van der Waals surface area contributed by atoms with Gasteiger partial charge in [-0.25, -0.2) is 4.98 Å². The Morgan fingerprint density at radius 1 is 1.59 bits per heavy atom. The van der Waals surface area contributed by atoms with Crippen molar-refractivity contribution in [3.05, 3.63) is 33.3 Å². The molecule has 0 N–H and O–H groups in total. The maximum absolute atomic E-state index is 12.4.